The Morgan fingerprint density at radius 1 is 1.16 bits per heavy atom. The lowest BCUT2D eigenvalue weighted by Gasteiger charge is -2.30. The number of halogens is 2. The molecule has 0 bridgehead atoms. The SMILES string of the molecule is O=C(C[C@@H]1CCC[C@H](Cc2nc(-c3[nH]nc4ncc(Cl)cc34)ncc2F)C1)N1CCCC1. The first-order valence-electron chi connectivity index (χ1n) is 11.4. The zero-order valence-electron chi connectivity index (χ0n) is 17.9. The van der Waals surface area contributed by atoms with Crippen LogP contribution in [0.15, 0.2) is 18.5 Å². The number of amides is 1. The van der Waals surface area contributed by atoms with E-state index in [0.717, 1.165) is 51.6 Å². The summed E-state index contributed by atoms with van der Waals surface area (Å²) >= 11 is 6.08. The fourth-order valence-electron chi connectivity index (χ4n) is 5.10. The minimum Gasteiger partial charge on any atom is -0.343 e. The molecule has 2 aliphatic rings. The Morgan fingerprint density at radius 3 is 2.81 bits per heavy atom. The largest absolute Gasteiger partial charge is 0.343 e. The summed E-state index contributed by atoms with van der Waals surface area (Å²) in [6, 6.07) is 1.75. The number of aromatic amines is 1. The third kappa shape index (κ3) is 4.46. The topological polar surface area (TPSA) is 87.7 Å². The van der Waals surface area contributed by atoms with Crippen molar-refractivity contribution in [3.05, 3.63) is 35.0 Å². The van der Waals surface area contributed by atoms with Gasteiger partial charge in [0.1, 0.15) is 5.69 Å². The molecule has 9 heteroatoms. The van der Waals surface area contributed by atoms with Crippen LogP contribution < -0.4 is 0 Å². The molecule has 0 spiro atoms. The molecule has 0 unspecified atom stereocenters. The average molecular weight is 457 g/mol. The van der Waals surface area contributed by atoms with Gasteiger partial charge in [0.05, 0.1) is 22.3 Å². The number of fused-ring (bicyclic) bond motifs is 1. The quantitative estimate of drug-likeness (QED) is 0.607. The van der Waals surface area contributed by atoms with Gasteiger partial charge in [-0.2, -0.15) is 5.10 Å². The molecule has 0 radical (unpaired) electrons. The van der Waals surface area contributed by atoms with E-state index in [1.165, 1.54) is 12.4 Å². The van der Waals surface area contributed by atoms with E-state index < -0.39 is 5.82 Å². The smallest absolute Gasteiger partial charge is 0.222 e. The van der Waals surface area contributed by atoms with Crippen LogP contribution in [-0.2, 0) is 11.2 Å². The molecule has 7 nitrogen and oxygen atoms in total. The van der Waals surface area contributed by atoms with E-state index in [2.05, 4.69) is 25.1 Å². The molecular formula is C23H26ClFN6O. The molecular weight excluding hydrogens is 431 g/mol. The highest BCUT2D eigenvalue weighted by Crippen LogP contribution is 2.34. The summed E-state index contributed by atoms with van der Waals surface area (Å²) in [7, 11) is 0. The van der Waals surface area contributed by atoms with Gasteiger partial charge in [-0.3, -0.25) is 9.89 Å². The zero-order valence-corrected chi connectivity index (χ0v) is 18.6. The first-order valence-corrected chi connectivity index (χ1v) is 11.7. The maximum atomic E-state index is 14.6. The van der Waals surface area contributed by atoms with Crippen LogP contribution in [0.4, 0.5) is 4.39 Å². The summed E-state index contributed by atoms with van der Waals surface area (Å²) in [5.41, 5.74) is 1.50. The molecule has 1 aliphatic heterocycles. The van der Waals surface area contributed by atoms with E-state index in [1.54, 1.807) is 6.07 Å². The van der Waals surface area contributed by atoms with Crippen molar-refractivity contribution in [2.45, 2.75) is 51.4 Å². The van der Waals surface area contributed by atoms with E-state index >= 15 is 0 Å². The van der Waals surface area contributed by atoms with Crippen LogP contribution >= 0.6 is 11.6 Å². The number of pyridine rings is 1. The Bertz CT molecular complexity index is 1130. The first-order chi connectivity index (χ1) is 15.6. The van der Waals surface area contributed by atoms with Crippen molar-refractivity contribution in [1.29, 1.82) is 0 Å². The molecule has 168 valence electrons. The molecule has 5 rings (SSSR count). The second-order valence-electron chi connectivity index (χ2n) is 9.01. The Balaban J connectivity index is 1.30. The van der Waals surface area contributed by atoms with Crippen LogP contribution in [0.25, 0.3) is 22.6 Å². The highest BCUT2D eigenvalue weighted by molar-refractivity contribution is 6.31. The van der Waals surface area contributed by atoms with Gasteiger partial charge in [-0.25, -0.2) is 19.3 Å². The summed E-state index contributed by atoms with van der Waals surface area (Å²) in [5.74, 6) is 0.943. The molecule has 2 atom stereocenters. The summed E-state index contributed by atoms with van der Waals surface area (Å²) < 4.78 is 14.6. The van der Waals surface area contributed by atoms with Gasteiger partial charge < -0.3 is 4.90 Å². The lowest BCUT2D eigenvalue weighted by molar-refractivity contribution is -0.131. The molecule has 3 aromatic heterocycles. The van der Waals surface area contributed by atoms with E-state index in [1.807, 2.05) is 4.90 Å². The number of nitrogens with one attached hydrogen (secondary N) is 1. The maximum absolute atomic E-state index is 14.6. The van der Waals surface area contributed by atoms with Crippen LogP contribution in [0.1, 0.15) is 50.6 Å². The molecule has 1 saturated carbocycles. The molecule has 1 saturated heterocycles. The normalized spacial score (nSPS) is 21.4. The lowest BCUT2D eigenvalue weighted by atomic mass is 9.77. The monoisotopic (exact) mass is 456 g/mol. The number of hydrogen-bond donors (Lipinski definition) is 1. The molecule has 2 fully saturated rings. The predicted molar refractivity (Wildman–Crippen MR) is 119 cm³/mol. The van der Waals surface area contributed by atoms with E-state index in [4.69, 9.17) is 11.6 Å². The van der Waals surface area contributed by atoms with Crippen LogP contribution in [-0.4, -0.2) is 49.0 Å². The summed E-state index contributed by atoms with van der Waals surface area (Å²) in [6.45, 7) is 1.79. The molecule has 3 aromatic rings. The fourth-order valence-corrected chi connectivity index (χ4v) is 5.26. The Morgan fingerprint density at radius 2 is 1.97 bits per heavy atom. The second kappa shape index (κ2) is 9.10. The fraction of sp³-hybridized carbons (Fsp3) is 0.522. The highest BCUT2D eigenvalue weighted by atomic mass is 35.5. The van der Waals surface area contributed by atoms with Crippen molar-refractivity contribution < 1.29 is 9.18 Å². The standard InChI is InChI=1S/C23H26ClFN6O/c24-16-11-17-21(29-30-22(17)26-12-16)23-27-13-18(25)19(28-23)9-14-4-3-5-15(8-14)10-20(32)31-6-1-2-7-31/h11-15H,1-10H2,(H,26,29,30)/t14-,15+/m0/s1. The predicted octanol–water partition coefficient (Wildman–Crippen LogP) is 4.57. The molecule has 32 heavy (non-hydrogen) atoms. The molecule has 1 aliphatic carbocycles. The van der Waals surface area contributed by atoms with E-state index in [0.29, 0.717) is 57.9 Å². The van der Waals surface area contributed by atoms with Gasteiger partial charge in [0, 0.05) is 25.7 Å². The molecule has 0 aromatic carbocycles. The van der Waals surface area contributed by atoms with Crippen molar-refractivity contribution >= 4 is 28.5 Å². The van der Waals surface area contributed by atoms with Gasteiger partial charge in [-0.1, -0.05) is 24.4 Å². The minimum atomic E-state index is -0.399. The van der Waals surface area contributed by atoms with E-state index in [-0.39, 0.29) is 5.91 Å². The number of H-pyrrole nitrogens is 1. The number of carbonyl (C=O) groups excluding carboxylic acids is 1. The van der Waals surface area contributed by atoms with Crippen molar-refractivity contribution in [2.75, 3.05) is 13.1 Å². The number of rotatable bonds is 5. The molecule has 1 N–H and O–H groups in total. The van der Waals surface area contributed by atoms with Crippen LogP contribution in [0.3, 0.4) is 0 Å². The van der Waals surface area contributed by atoms with Gasteiger partial charge in [0.15, 0.2) is 17.3 Å². The molecule has 4 heterocycles. The van der Waals surface area contributed by atoms with Crippen molar-refractivity contribution in [2.24, 2.45) is 11.8 Å². The Hall–Kier alpha value is -2.61. The van der Waals surface area contributed by atoms with Gasteiger partial charge in [0.2, 0.25) is 5.91 Å². The van der Waals surface area contributed by atoms with Crippen LogP contribution in [0.5, 0.6) is 0 Å². The van der Waals surface area contributed by atoms with Gasteiger partial charge in [-0.05, 0) is 50.0 Å². The van der Waals surface area contributed by atoms with Crippen molar-refractivity contribution in [1.82, 2.24) is 30.0 Å². The van der Waals surface area contributed by atoms with E-state index in [9.17, 15) is 9.18 Å². The van der Waals surface area contributed by atoms with Gasteiger partial charge in [0.25, 0.3) is 0 Å². The average Bonchev–Trinajstić information content (AvgIpc) is 3.46. The number of carbonyl (C=O) groups is 1. The third-order valence-corrected chi connectivity index (χ3v) is 6.92. The minimum absolute atomic E-state index is 0.280. The summed E-state index contributed by atoms with van der Waals surface area (Å²) in [6.07, 6.45) is 10.2. The number of aromatic nitrogens is 5. The van der Waals surface area contributed by atoms with Crippen molar-refractivity contribution in [3.8, 4) is 11.5 Å². The van der Waals surface area contributed by atoms with Crippen molar-refractivity contribution in [3.63, 3.8) is 0 Å². The summed E-state index contributed by atoms with van der Waals surface area (Å²) in [4.78, 5) is 27.5. The van der Waals surface area contributed by atoms with Crippen LogP contribution in [0, 0.1) is 17.7 Å². The lowest BCUT2D eigenvalue weighted by Crippen LogP contribution is -2.31. The number of likely N-dealkylation sites (tertiary alicyclic amines) is 1. The summed E-state index contributed by atoms with van der Waals surface area (Å²) in [5, 5.41) is 8.26. The van der Waals surface area contributed by atoms with Gasteiger partial charge in [-0.15, -0.1) is 0 Å². The maximum Gasteiger partial charge on any atom is 0.222 e. The third-order valence-electron chi connectivity index (χ3n) is 6.71. The van der Waals surface area contributed by atoms with Crippen LogP contribution in [0.2, 0.25) is 5.02 Å². The second-order valence-corrected chi connectivity index (χ2v) is 9.44. The number of nitrogens with zero attached hydrogens (tertiary/aromatic N) is 5. The first kappa shape index (κ1) is 21.2. The highest BCUT2D eigenvalue weighted by Gasteiger charge is 2.28. The molecule has 1 amide bonds. The Kier molecular flexibility index (Phi) is 6.04. The number of hydrogen-bond acceptors (Lipinski definition) is 5. The zero-order chi connectivity index (χ0) is 22.1. The Labute approximate surface area is 190 Å². The van der Waals surface area contributed by atoms with Gasteiger partial charge >= 0.3 is 0 Å².